The zero-order valence-corrected chi connectivity index (χ0v) is 15.9. The van der Waals surface area contributed by atoms with Crippen LogP contribution in [-0.4, -0.2) is 19.1 Å². The number of nitrogens with one attached hydrogen (secondary N) is 1. The van der Waals surface area contributed by atoms with Crippen molar-refractivity contribution in [1.82, 2.24) is 5.32 Å². The molecule has 0 aromatic heterocycles. The Kier molecular flexibility index (Phi) is 6.97. The molecule has 0 aliphatic rings. The number of carbonyl (C=O) groups is 1. The SMILES string of the molecule is CC[C@@H](Oc1cc(Cl)ccc1Cl)C(=O)N[C@H](C)c1cccc(OC)c1. The molecule has 0 aliphatic carbocycles. The van der Waals surface area contributed by atoms with Gasteiger partial charge in [0, 0.05) is 11.1 Å². The molecule has 1 N–H and O–H groups in total. The van der Waals surface area contributed by atoms with Gasteiger partial charge in [-0.3, -0.25) is 4.79 Å². The predicted molar refractivity (Wildman–Crippen MR) is 101 cm³/mol. The van der Waals surface area contributed by atoms with Gasteiger partial charge in [0.25, 0.3) is 5.91 Å². The van der Waals surface area contributed by atoms with E-state index in [1.165, 1.54) is 0 Å². The normalized spacial score (nSPS) is 13.0. The van der Waals surface area contributed by atoms with Crippen molar-refractivity contribution in [2.24, 2.45) is 0 Å². The van der Waals surface area contributed by atoms with Crippen LogP contribution in [0.4, 0.5) is 0 Å². The minimum Gasteiger partial charge on any atom is -0.497 e. The molecular formula is C19H21Cl2NO3. The molecule has 0 saturated carbocycles. The Labute approximate surface area is 158 Å². The number of rotatable bonds is 7. The Morgan fingerprint density at radius 3 is 2.64 bits per heavy atom. The van der Waals surface area contributed by atoms with Crippen LogP contribution in [-0.2, 0) is 4.79 Å². The highest BCUT2D eigenvalue weighted by atomic mass is 35.5. The largest absolute Gasteiger partial charge is 0.497 e. The fourth-order valence-corrected chi connectivity index (χ4v) is 2.67. The molecule has 2 aromatic rings. The summed E-state index contributed by atoms with van der Waals surface area (Å²) in [5.41, 5.74) is 0.948. The predicted octanol–water partition coefficient (Wildman–Crippen LogP) is 5.04. The zero-order chi connectivity index (χ0) is 18.4. The minimum atomic E-state index is -0.663. The van der Waals surface area contributed by atoms with Crippen LogP contribution >= 0.6 is 23.2 Å². The van der Waals surface area contributed by atoms with Crippen molar-refractivity contribution >= 4 is 29.1 Å². The van der Waals surface area contributed by atoms with Gasteiger partial charge >= 0.3 is 0 Å². The van der Waals surface area contributed by atoms with Crippen molar-refractivity contribution in [3.8, 4) is 11.5 Å². The number of hydrogen-bond donors (Lipinski definition) is 1. The number of halogens is 2. The lowest BCUT2D eigenvalue weighted by molar-refractivity contribution is -0.128. The highest BCUT2D eigenvalue weighted by Gasteiger charge is 2.22. The lowest BCUT2D eigenvalue weighted by Gasteiger charge is -2.21. The average molecular weight is 382 g/mol. The molecule has 2 atom stereocenters. The number of benzene rings is 2. The van der Waals surface area contributed by atoms with Gasteiger partial charge in [-0.1, -0.05) is 42.3 Å². The van der Waals surface area contributed by atoms with E-state index in [1.807, 2.05) is 38.1 Å². The van der Waals surface area contributed by atoms with E-state index in [2.05, 4.69) is 5.32 Å². The number of carbonyl (C=O) groups excluding carboxylic acids is 1. The van der Waals surface area contributed by atoms with E-state index in [0.29, 0.717) is 22.2 Å². The summed E-state index contributed by atoms with van der Waals surface area (Å²) < 4.78 is 11.0. The lowest BCUT2D eigenvalue weighted by Crippen LogP contribution is -2.39. The number of ether oxygens (including phenoxy) is 2. The van der Waals surface area contributed by atoms with Crippen LogP contribution in [0.1, 0.15) is 31.9 Å². The van der Waals surface area contributed by atoms with Crippen LogP contribution in [0.15, 0.2) is 42.5 Å². The second-order valence-electron chi connectivity index (χ2n) is 5.60. The van der Waals surface area contributed by atoms with E-state index in [-0.39, 0.29) is 11.9 Å². The molecule has 0 spiro atoms. The van der Waals surface area contributed by atoms with Crippen LogP contribution in [0.25, 0.3) is 0 Å². The molecule has 0 aliphatic heterocycles. The first kappa shape index (κ1) is 19.4. The maximum Gasteiger partial charge on any atom is 0.261 e. The molecule has 0 saturated heterocycles. The maximum absolute atomic E-state index is 12.6. The lowest BCUT2D eigenvalue weighted by atomic mass is 10.1. The van der Waals surface area contributed by atoms with Crippen molar-refractivity contribution in [2.45, 2.75) is 32.4 Å². The van der Waals surface area contributed by atoms with Gasteiger partial charge in [0.2, 0.25) is 0 Å². The van der Waals surface area contributed by atoms with E-state index in [4.69, 9.17) is 32.7 Å². The molecule has 0 bridgehead atoms. The minimum absolute atomic E-state index is 0.185. The van der Waals surface area contributed by atoms with Crippen LogP contribution in [0.2, 0.25) is 10.0 Å². The van der Waals surface area contributed by atoms with Crippen LogP contribution in [0, 0.1) is 0 Å². The monoisotopic (exact) mass is 381 g/mol. The number of amides is 1. The first-order chi connectivity index (χ1) is 11.9. The van der Waals surface area contributed by atoms with E-state index >= 15 is 0 Å². The van der Waals surface area contributed by atoms with E-state index in [1.54, 1.807) is 25.3 Å². The second kappa shape index (κ2) is 8.97. The fourth-order valence-electron chi connectivity index (χ4n) is 2.34. The van der Waals surface area contributed by atoms with Gasteiger partial charge < -0.3 is 14.8 Å². The Balaban J connectivity index is 2.07. The van der Waals surface area contributed by atoms with Gasteiger partial charge in [0.05, 0.1) is 18.2 Å². The number of hydrogen-bond acceptors (Lipinski definition) is 3. The Morgan fingerprint density at radius 1 is 1.20 bits per heavy atom. The molecule has 1 amide bonds. The highest BCUT2D eigenvalue weighted by molar-refractivity contribution is 6.34. The Bertz CT molecular complexity index is 736. The van der Waals surface area contributed by atoms with Crippen LogP contribution in [0.5, 0.6) is 11.5 Å². The fraction of sp³-hybridized carbons (Fsp3) is 0.316. The molecule has 0 radical (unpaired) electrons. The van der Waals surface area contributed by atoms with Crippen molar-refractivity contribution in [3.05, 3.63) is 58.1 Å². The van der Waals surface area contributed by atoms with Crippen LogP contribution < -0.4 is 14.8 Å². The van der Waals surface area contributed by atoms with E-state index in [0.717, 1.165) is 11.3 Å². The molecule has 0 unspecified atom stereocenters. The Hall–Kier alpha value is -1.91. The molecular weight excluding hydrogens is 361 g/mol. The van der Waals surface area contributed by atoms with Gasteiger partial charge in [0.1, 0.15) is 11.5 Å². The molecule has 134 valence electrons. The standard InChI is InChI=1S/C19H21Cl2NO3/c1-4-17(25-18-11-14(20)8-9-16(18)21)19(23)22-12(2)13-6-5-7-15(10-13)24-3/h5-12,17H,4H2,1-3H3,(H,22,23)/t12-,17-/m1/s1. The quantitative estimate of drug-likeness (QED) is 0.730. The third-order valence-corrected chi connectivity index (χ3v) is 4.33. The Morgan fingerprint density at radius 2 is 1.96 bits per heavy atom. The smallest absolute Gasteiger partial charge is 0.261 e. The summed E-state index contributed by atoms with van der Waals surface area (Å²) in [6, 6.07) is 12.3. The zero-order valence-electron chi connectivity index (χ0n) is 14.4. The van der Waals surface area contributed by atoms with Crippen molar-refractivity contribution in [3.63, 3.8) is 0 Å². The van der Waals surface area contributed by atoms with Gasteiger partial charge in [-0.2, -0.15) is 0 Å². The van der Waals surface area contributed by atoms with Gasteiger partial charge in [-0.15, -0.1) is 0 Å². The maximum atomic E-state index is 12.6. The summed E-state index contributed by atoms with van der Waals surface area (Å²) in [6.07, 6.45) is -0.163. The highest BCUT2D eigenvalue weighted by Crippen LogP contribution is 2.29. The molecule has 6 heteroatoms. The van der Waals surface area contributed by atoms with Crippen molar-refractivity contribution < 1.29 is 14.3 Å². The molecule has 0 fully saturated rings. The number of methoxy groups -OCH3 is 1. The summed E-state index contributed by atoms with van der Waals surface area (Å²) >= 11 is 12.1. The van der Waals surface area contributed by atoms with Gasteiger partial charge in [0.15, 0.2) is 6.10 Å². The van der Waals surface area contributed by atoms with Gasteiger partial charge in [-0.25, -0.2) is 0 Å². The van der Waals surface area contributed by atoms with Gasteiger partial charge in [-0.05, 0) is 43.2 Å². The van der Waals surface area contributed by atoms with E-state index in [9.17, 15) is 4.79 Å². The average Bonchev–Trinajstić information content (AvgIpc) is 2.62. The first-order valence-electron chi connectivity index (χ1n) is 8.00. The van der Waals surface area contributed by atoms with Crippen molar-refractivity contribution in [2.75, 3.05) is 7.11 Å². The first-order valence-corrected chi connectivity index (χ1v) is 8.76. The third-order valence-electron chi connectivity index (χ3n) is 3.78. The molecule has 25 heavy (non-hydrogen) atoms. The van der Waals surface area contributed by atoms with Crippen molar-refractivity contribution in [1.29, 1.82) is 0 Å². The second-order valence-corrected chi connectivity index (χ2v) is 6.44. The molecule has 0 heterocycles. The molecule has 4 nitrogen and oxygen atoms in total. The summed E-state index contributed by atoms with van der Waals surface area (Å²) in [5, 5.41) is 3.87. The molecule has 2 aromatic carbocycles. The summed E-state index contributed by atoms with van der Waals surface area (Å²) in [4.78, 5) is 12.6. The third kappa shape index (κ3) is 5.28. The summed E-state index contributed by atoms with van der Waals surface area (Å²) in [5.74, 6) is 0.923. The molecule has 2 rings (SSSR count). The topological polar surface area (TPSA) is 47.6 Å². The van der Waals surface area contributed by atoms with E-state index < -0.39 is 6.10 Å². The summed E-state index contributed by atoms with van der Waals surface area (Å²) in [6.45, 7) is 3.78. The van der Waals surface area contributed by atoms with Crippen LogP contribution in [0.3, 0.4) is 0 Å². The summed E-state index contributed by atoms with van der Waals surface area (Å²) in [7, 11) is 1.61.